The number of amides is 1. The average Bonchev–Trinajstić information content (AvgIpc) is 3.31. The van der Waals surface area contributed by atoms with Crippen molar-refractivity contribution in [2.75, 3.05) is 26.2 Å². The Bertz CT molecular complexity index is 1280. The van der Waals surface area contributed by atoms with Crippen molar-refractivity contribution in [1.29, 1.82) is 0 Å². The molecule has 1 saturated heterocycles. The van der Waals surface area contributed by atoms with E-state index in [0.717, 1.165) is 40.9 Å². The molecule has 1 N–H and O–H groups in total. The Morgan fingerprint density at radius 3 is 2.74 bits per heavy atom. The van der Waals surface area contributed by atoms with Crippen LogP contribution in [0.4, 0.5) is 0 Å². The van der Waals surface area contributed by atoms with Crippen LogP contribution in [0.3, 0.4) is 0 Å². The van der Waals surface area contributed by atoms with Crippen LogP contribution >= 0.6 is 0 Å². The molecule has 180 valence electrons. The minimum Gasteiger partial charge on any atom is -0.348 e. The zero-order valence-corrected chi connectivity index (χ0v) is 19.7. The molecular weight excluding hydrogens is 438 g/mol. The van der Waals surface area contributed by atoms with E-state index in [2.05, 4.69) is 32.4 Å². The SMILES string of the molecule is Cc1ccc(-n2nc(-c3noc(C(=O)NCCCN4CCC[C@H](C)C4)n3)c(=O)n(C)c2=O)cc1. The fourth-order valence-electron chi connectivity index (χ4n) is 4.05. The summed E-state index contributed by atoms with van der Waals surface area (Å²) in [5, 5.41) is 10.7. The van der Waals surface area contributed by atoms with Gasteiger partial charge in [-0.15, -0.1) is 0 Å². The molecule has 0 aliphatic carbocycles. The number of hydrogen-bond acceptors (Lipinski definition) is 8. The van der Waals surface area contributed by atoms with Gasteiger partial charge < -0.3 is 14.7 Å². The van der Waals surface area contributed by atoms with Crippen molar-refractivity contribution >= 4 is 5.91 Å². The van der Waals surface area contributed by atoms with Gasteiger partial charge in [0.05, 0.1) is 5.69 Å². The highest BCUT2D eigenvalue weighted by Crippen LogP contribution is 2.15. The predicted octanol–water partition coefficient (Wildman–Crippen LogP) is 1.14. The molecule has 11 heteroatoms. The van der Waals surface area contributed by atoms with Crippen molar-refractivity contribution < 1.29 is 9.32 Å². The average molecular weight is 468 g/mol. The molecule has 3 heterocycles. The molecule has 1 aliphatic rings. The Hall–Kier alpha value is -3.60. The Kier molecular flexibility index (Phi) is 7.01. The molecule has 1 aliphatic heterocycles. The van der Waals surface area contributed by atoms with Gasteiger partial charge in [0.1, 0.15) is 0 Å². The highest BCUT2D eigenvalue weighted by atomic mass is 16.5. The minimum atomic E-state index is -0.683. The molecule has 1 atom stereocenters. The monoisotopic (exact) mass is 467 g/mol. The van der Waals surface area contributed by atoms with Crippen LogP contribution in [0.5, 0.6) is 0 Å². The van der Waals surface area contributed by atoms with Gasteiger partial charge in [0.25, 0.3) is 5.56 Å². The minimum absolute atomic E-state index is 0.158. The largest absolute Gasteiger partial charge is 0.351 e. The van der Waals surface area contributed by atoms with Gasteiger partial charge in [-0.25, -0.2) is 4.79 Å². The number of carbonyl (C=O) groups is 1. The van der Waals surface area contributed by atoms with Crippen LogP contribution in [0.15, 0.2) is 38.4 Å². The normalized spacial score (nSPS) is 16.5. The highest BCUT2D eigenvalue weighted by molar-refractivity contribution is 5.89. The third kappa shape index (κ3) is 5.14. The Labute approximate surface area is 196 Å². The number of hydrogen-bond donors (Lipinski definition) is 1. The fourth-order valence-corrected chi connectivity index (χ4v) is 4.05. The van der Waals surface area contributed by atoms with Crippen molar-refractivity contribution in [2.24, 2.45) is 13.0 Å². The van der Waals surface area contributed by atoms with Crippen LogP contribution in [-0.4, -0.2) is 61.5 Å². The second-order valence-electron chi connectivity index (χ2n) is 8.82. The molecule has 11 nitrogen and oxygen atoms in total. The van der Waals surface area contributed by atoms with E-state index in [1.807, 2.05) is 19.1 Å². The number of carbonyl (C=O) groups excluding carboxylic acids is 1. The summed E-state index contributed by atoms with van der Waals surface area (Å²) in [4.78, 5) is 44.1. The van der Waals surface area contributed by atoms with Crippen LogP contribution in [0.1, 0.15) is 42.4 Å². The molecule has 1 fully saturated rings. The summed E-state index contributed by atoms with van der Waals surface area (Å²) in [5.41, 5.74) is 0.0156. The molecular formula is C23H29N7O4. The summed E-state index contributed by atoms with van der Waals surface area (Å²) in [6.07, 6.45) is 3.29. The summed E-state index contributed by atoms with van der Waals surface area (Å²) in [7, 11) is 1.34. The molecule has 0 saturated carbocycles. The Morgan fingerprint density at radius 2 is 2.00 bits per heavy atom. The van der Waals surface area contributed by atoms with Gasteiger partial charge in [-0.05, 0) is 57.3 Å². The first kappa shape index (κ1) is 23.6. The first-order valence-corrected chi connectivity index (χ1v) is 11.5. The van der Waals surface area contributed by atoms with Crippen molar-refractivity contribution in [3.8, 4) is 17.2 Å². The van der Waals surface area contributed by atoms with Crippen LogP contribution in [0.2, 0.25) is 0 Å². The molecule has 0 spiro atoms. The lowest BCUT2D eigenvalue weighted by Crippen LogP contribution is -2.40. The lowest BCUT2D eigenvalue weighted by Gasteiger charge is -2.30. The maximum Gasteiger partial charge on any atom is 0.351 e. The molecule has 3 aromatic rings. The Morgan fingerprint density at radius 1 is 1.24 bits per heavy atom. The second-order valence-corrected chi connectivity index (χ2v) is 8.82. The number of nitrogens with one attached hydrogen (secondary N) is 1. The zero-order chi connectivity index (χ0) is 24.2. The highest BCUT2D eigenvalue weighted by Gasteiger charge is 2.22. The van der Waals surface area contributed by atoms with Gasteiger partial charge in [0.15, 0.2) is 5.69 Å². The number of rotatable bonds is 7. The smallest absolute Gasteiger partial charge is 0.348 e. The fraction of sp³-hybridized carbons (Fsp3) is 0.478. The van der Waals surface area contributed by atoms with Gasteiger partial charge in [-0.2, -0.15) is 14.8 Å². The lowest BCUT2D eigenvalue weighted by atomic mass is 10.0. The summed E-state index contributed by atoms with van der Waals surface area (Å²) < 4.78 is 7.08. The van der Waals surface area contributed by atoms with Gasteiger partial charge in [0, 0.05) is 20.1 Å². The van der Waals surface area contributed by atoms with E-state index < -0.39 is 17.2 Å². The number of benzene rings is 1. The van der Waals surface area contributed by atoms with Crippen molar-refractivity contribution in [2.45, 2.75) is 33.1 Å². The maximum atomic E-state index is 12.7. The molecule has 0 unspecified atom stereocenters. The summed E-state index contributed by atoms with van der Waals surface area (Å²) in [6.45, 7) is 7.76. The summed E-state index contributed by atoms with van der Waals surface area (Å²) in [6, 6.07) is 7.10. The standard InChI is InChI=1S/C23H29N7O4/c1-15-7-9-17(10-8-15)30-23(33)28(3)22(32)18(26-30)19-25-21(34-27-19)20(31)24-11-5-13-29-12-4-6-16(2)14-29/h7-10,16H,4-6,11-14H2,1-3H3,(H,24,31)/t16-/m0/s1. The maximum absolute atomic E-state index is 12.7. The van der Waals surface area contributed by atoms with Crippen LogP contribution < -0.4 is 16.6 Å². The van der Waals surface area contributed by atoms with Gasteiger partial charge >= 0.3 is 17.5 Å². The van der Waals surface area contributed by atoms with Crippen LogP contribution in [0.25, 0.3) is 17.2 Å². The van der Waals surface area contributed by atoms with Crippen LogP contribution in [0, 0.1) is 12.8 Å². The molecule has 1 amide bonds. The van der Waals surface area contributed by atoms with Gasteiger partial charge in [0.2, 0.25) is 5.82 Å². The first-order valence-electron chi connectivity index (χ1n) is 11.5. The van der Waals surface area contributed by atoms with Crippen LogP contribution in [-0.2, 0) is 7.05 Å². The second kappa shape index (κ2) is 10.1. The third-order valence-corrected chi connectivity index (χ3v) is 5.96. The van der Waals surface area contributed by atoms with E-state index in [9.17, 15) is 14.4 Å². The van der Waals surface area contributed by atoms with Crippen molar-refractivity contribution in [1.82, 2.24) is 34.7 Å². The Balaban J connectivity index is 1.46. The van der Waals surface area contributed by atoms with E-state index in [4.69, 9.17) is 4.52 Å². The molecule has 0 bridgehead atoms. The van der Waals surface area contributed by atoms with E-state index in [1.54, 1.807) is 12.1 Å². The van der Waals surface area contributed by atoms with E-state index in [0.29, 0.717) is 18.2 Å². The number of aryl methyl sites for hydroxylation is 1. The van der Waals surface area contributed by atoms with E-state index in [1.165, 1.54) is 19.9 Å². The van der Waals surface area contributed by atoms with Gasteiger partial charge in [-0.1, -0.05) is 29.8 Å². The number of aromatic nitrogens is 5. The number of nitrogens with zero attached hydrogens (tertiary/aromatic N) is 6. The zero-order valence-electron chi connectivity index (χ0n) is 19.7. The number of likely N-dealkylation sites (tertiary alicyclic amines) is 1. The molecule has 2 aromatic heterocycles. The van der Waals surface area contributed by atoms with E-state index >= 15 is 0 Å². The lowest BCUT2D eigenvalue weighted by molar-refractivity contribution is 0.0906. The first-order chi connectivity index (χ1) is 16.3. The van der Waals surface area contributed by atoms with Crippen molar-refractivity contribution in [3.05, 3.63) is 56.6 Å². The molecule has 1 aromatic carbocycles. The van der Waals surface area contributed by atoms with E-state index in [-0.39, 0.29) is 17.4 Å². The molecule has 34 heavy (non-hydrogen) atoms. The third-order valence-electron chi connectivity index (χ3n) is 5.96. The van der Waals surface area contributed by atoms with Crippen molar-refractivity contribution in [3.63, 3.8) is 0 Å². The van der Waals surface area contributed by atoms with Gasteiger partial charge in [-0.3, -0.25) is 14.2 Å². The molecule has 0 radical (unpaired) electrons. The summed E-state index contributed by atoms with van der Waals surface area (Å²) >= 11 is 0. The topological polar surface area (TPSA) is 128 Å². The molecule has 4 rings (SSSR count). The predicted molar refractivity (Wildman–Crippen MR) is 125 cm³/mol. The quantitative estimate of drug-likeness (QED) is 0.513. The number of piperidine rings is 1. The summed E-state index contributed by atoms with van der Waals surface area (Å²) in [5.74, 6) is -0.233.